The molecule has 2 aromatic rings. The van der Waals surface area contributed by atoms with E-state index in [0.717, 1.165) is 11.1 Å². The minimum absolute atomic E-state index is 0.183. The zero-order valence-corrected chi connectivity index (χ0v) is 15.6. The molecule has 0 aromatic heterocycles. The van der Waals surface area contributed by atoms with E-state index < -0.39 is 18.5 Å². The second-order valence-electron chi connectivity index (χ2n) is 5.79. The molecule has 0 saturated carbocycles. The summed E-state index contributed by atoms with van der Waals surface area (Å²) in [7, 11) is 0. The monoisotopic (exact) mass is 382 g/mol. The number of rotatable bonds is 7. The Morgan fingerprint density at radius 1 is 1.22 bits per heavy atom. The molecule has 0 spiro atoms. The van der Waals surface area contributed by atoms with E-state index in [2.05, 4.69) is 0 Å². The molecule has 2 aromatic carbocycles. The Balaban J connectivity index is 1.97. The lowest BCUT2D eigenvalue weighted by Crippen LogP contribution is -2.35. The van der Waals surface area contributed by atoms with Crippen LogP contribution in [-0.4, -0.2) is 25.0 Å². The van der Waals surface area contributed by atoms with Crippen LogP contribution >= 0.6 is 11.6 Å². The molecule has 2 rings (SSSR count). The number of halogens is 1. The van der Waals surface area contributed by atoms with Crippen LogP contribution in [0.1, 0.15) is 17.5 Å². The van der Waals surface area contributed by atoms with Crippen molar-refractivity contribution in [1.82, 2.24) is 0 Å². The van der Waals surface area contributed by atoms with Gasteiger partial charge in [-0.2, -0.15) is 5.26 Å². The fourth-order valence-corrected chi connectivity index (χ4v) is 2.52. The number of benzene rings is 2. The van der Waals surface area contributed by atoms with Crippen molar-refractivity contribution in [2.45, 2.75) is 13.3 Å². The summed E-state index contributed by atoms with van der Waals surface area (Å²) in [4.78, 5) is 25.8. The normalized spacial score (nSPS) is 10.4. The van der Waals surface area contributed by atoms with Crippen molar-refractivity contribution in [2.24, 2.45) is 0 Å². The summed E-state index contributed by atoms with van der Waals surface area (Å²) >= 11 is 5.88. The average Bonchev–Trinajstić information content (AvgIpc) is 2.66. The summed E-state index contributed by atoms with van der Waals surface area (Å²) in [6.45, 7) is 1.77. The van der Waals surface area contributed by atoms with E-state index in [1.807, 2.05) is 25.1 Å². The molecule has 138 valence electrons. The quantitative estimate of drug-likeness (QED) is 0.532. The highest BCUT2D eigenvalue weighted by Gasteiger charge is 2.16. The van der Waals surface area contributed by atoms with E-state index in [1.54, 1.807) is 42.5 Å². The smallest absolute Gasteiger partial charge is 0.331 e. The summed E-state index contributed by atoms with van der Waals surface area (Å²) < 4.78 is 5.03. The van der Waals surface area contributed by atoms with E-state index in [0.29, 0.717) is 10.7 Å². The number of anilines is 1. The molecule has 0 unspecified atom stereocenters. The van der Waals surface area contributed by atoms with E-state index in [1.165, 1.54) is 11.0 Å². The van der Waals surface area contributed by atoms with Crippen LogP contribution in [0.15, 0.2) is 54.6 Å². The average molecular weight is 383 g/mol. The molecular weight excluding hydrogens is 364 g/mol. The van der Waals surface area contributed by atoms with Gasteiger partial charge in [-0.25, -0.2) is 4.79 Å². The number of carbonyl (C=O) groups is 2. The molecule has 6 heteroatoms. The number of carbonyl (C=O) groups excluding carboxylic acids is 2. The summed E-state index contributed by atoms with van der Waals surface area (Å²) in [5, 5.41) is 9.37. The maximum Gasteiger partial charge on any atom is 0.331 e. The van der Waals surface area contributed by atoms with Crippen LogP contribution in [0, 0.1) is 18.3 Å². The van der Waals surface area contributed by atoms with Crippen LogP contribution in [0.3, 0.4) is 0 Å². The molecule has 27 heavy (non-hydrogen) atoms. The van der Waals surface area contributed by atoms with Crippen molar-refractivity contribution < 1.29 is 14.3 Å². The first-order valence-corrected chi connectivity index (χ1v) is 8.72. The molecule has 0 heterocycles. The highest BCUT2D eigenvalue weighted by Crippen LogP contribution is 2.16. The molecule has 0 saturated heterocycles. The number of nitriles is 1. The van der Waals surface area contributed by atoms with Gasteiger partial charge in [0.05, 0.1) is 12.5 Å². The predicted molar refractivity (Wildman–Crippen MR) is 105 cm³/mol. The van der Waals surface area contributed by atoms with Crippen LogP contribution in [0.5, 0.6) is 0 Å². The molecule has 0 bridgehead atoms. The van der Waals surface area contributed by atoms with Crippen molar-refractivity contribution in [2.75, 3.05) is 18.1 Å². The Morgan fingerprint density at radius 2 is 1.96 bits per heavy atom. The van der Waals surface area contributed by atoms with Crippen LogP contribution in [0.4, 0.5) is 5.69 Å². The molecule has 0 fully saturated rings. The van der Waals surface area contributed by atoms with Crippen molar-refractivity contribution in [3.05, 3.63) is 70.8 Å². The molecule has 5 nitrogen and oxygen atoms in total. The van der Waals surface area contributed by atoms with Gasteiger partial charge in [0.2, 0.25) is 0 Å². The molecular formula is C21H19ClN2O3. The van der Waals surface area contributed by atoms with Gasteiger partial charge in [0.25, 0.3) is 5.91 Å². The Bertz CT molecular complexity index is 870. The van der Waals surface area contributed by atoms with Gasteiger partial charge in [-0.1, -0.05) is 41.4 Å². The zero-order chi connectivity index (χ0) is 19.6. The summed E-state index contributed by atoms with van der Waals surface area (Å²) in [6.07, 6.45) is 2.98. The maximum absolute atomic E-state index is 12.5. The molecule has 0 radical (unpaired) electrons. The van der Waals surface area contributed by atoms with Crippen LogP contribution in [0.25, 0.3) is 6.08 Å². The molecule has 1 amide bonds. The first-order chi connectivity index (χ1) is 13.0. The number of aryl methyl sites for hydroxylation is 1. The largest absolute Gasteiger partial charge is 0.452 e. The number of amides is 1. The predicted octanol–water partition coefficient (Wildman–Crippen LogP) is 4.15. The van der Waals surface area contributed by atoms with E-state index >= 15 is 0 Å². The lowest BCUT2D eigenvalue weighted by Gasteiger charge is -2.21. The summed E-state index contributed by atoms with van der Waals surface area (Å²) in [5.74, 6) is -1.02. The van der Waals surface area contributed by atoms with Crippen LogP contribution in [-0.2, 0) is 14.3 Å². The van der Waals surface area contributed by atoms with Crippen molar-refractivity contribution >= 4 is 35.2 Å². The van der Waals surface area contributed by atoms with Gasteiger partial charge < -0.3 is 9.64 Å². The van der Waals surface area contributed by atoms with Gasteiger partial charge in [-0.05, 0) is 42.8 Å². The molecule has 0 aliphatic heterocycles. The van der Waals surface area contributed by atoms with Gasteiger partial charge in [-0.3, -0.25) is 4.79 Å². The third-order valence-corrected chi connectivity index (χ3v) is 3.93. The third kappa shape index (κ3) is 6.61. The van der Waals surface area contributed by atoms with Crippen molar-refractivity contribution in [1.29, 1.82) is 5.26 Å². The number of hydrogen-bond acceptors (Lipinski definition) is 4. The topological polar surface area (TPSA) is 70.4 Å². The Kier molecular flexibility index (Phi) is 7.60. The highest BCUT2D eigenvalue weighted by molar-refractivity contribution is 6.30. The number of hydrogen-bond donors (Lipinski definition) is 0. The van der Waals surface area contributed by atoms with Crippen LogP contribution in [0.2, 0.25) is 5.02 Å². The van der Waals surface area contributed by atoms with Crippen LogP contribution < -0.4 is 4.90 Å². The van der Waals surface area contributed by atoms with Gasteiger partial charge in [0, 0.05) is 23.3 Å². The lowest BCUT2D eigenvalue weighted by molar-refractivity contribution is -0.142. The summed E-state index contributed by atoms with van der Waals surface area (Å²) in [5.41, 5.74) is 2.47. The summed E-state index contributed by atoms with van der Waals surface area (Å²) in [6, 6.07) is 16.4. The SMILES string of the molecule is Cc1ccc(N(CCC#N)C(=O)COC(=O)/C=C/c2cccc(Cl)c2)cc1. The minimum Gasteiger partial charge on any atom is -0.452 e. The molecule has 0 aliphatic carbocycles. The Hall–Kier alpha value is -3.10. The second-order valence-corrected chi connectivity index (χ2v) is 6.22. The first kappa shape index (κ1) is 20.2. The number of esters is 1. The first-order valence-electron chi connectivity index (χ1n) is 8.34. The van der Waals surface area contributed by atoms with Crippen molar-refractivity contribution in [3.8, 4) is 6.07 Å². The maximum atomic E-state index is 12.5. The third-order valence-electron chi connectivity index (χ3n) is 3.69. The van der Waals surface area contributed by atoms with E-state index in [-0.39, 0.29) is 13.0 Å². The van der Waals surface area contributed by atoms with Gasteiger partial charge >= 0.3 is 5.97 Å². The number of ether oxygens (including phenoxy) is 1. The van der Waals surface area contributed by atoms with Gasteiger partial charge in [-0.15, -0.1) is 0 Å². The second kappa shape index (κ2) is 10.1. The van der Waals surface area contributed by atoms with E-state index in [4.69, 9.17) is 21.6 Å². The highest BCUT2D eigenvalue weighted by atomic mass is 35.5. The number of nitrogens with zero attached hydrogens (tertiary/aromatic N) is 2. The van der Waals surface area contributed by atoms with E-state index in [9.17, 15) is 9.59 Å². The molecule has 0 aliphatic rings. The fraction of sp³-hybridized carbons (Fsp3) is 0.190. The Morgan fingerprint density at radius 3 is 2.63 bits per heavy atom. The Labute approximate surface area is 163 Å². The molecule has 0 N–H and O–H groups in total. The van der Waals surface area contributed by atoms with Gasteiger partial charge in [0.15, 0.2) is 6.61 Å². The molecule has 0 atom stereocenters. The lowest BCUT2D eigenvalue weighted by atomic mass is 10.2. The minimum atomic E-state index is -0.632. The fourth-order valence-electron chi connectivity index (χ4n) is 2.32. The van der Waals surface area contributed by atoms with Crippen molar-refractivity contribution in [3.63, 3.8) is 0 Å². The van der Waals surface area contributed by atoms with Gasteiger partial charge in [0.1, 0.15) is 0 Å². The zero-order valence-electron chi connectivity index (χ0n) is 14.9. The standard InChI is InChI=1S/C21H19ClN2O3/c1-16-6-9-19(10-7-16)24(13-3-12-23)20(25)15-27-21(26)11-8-17-4-2-5-18(22)14-17/h2,4-11,14H,3,13,15H2,1H3/b11-8+.